The third-order valence-electron chi connectivity index (χ3n) is 5.10. The lowest BCUT2D eigenvalue weighted by atomic mass is 10.1. The molecule has 0 unspecified atom stereocenters. The molecular weight excluding hydrogens is 345 g/mol. The lowest BCUT2D eigenvalue weighted by Gasteiger charge is -2.33. The van der Waals surface area contributed by atoms with E-state index in [0.29, 0.717) is 23.1 Å². The fourth-order valence-electron chi connectivity index (χ4n) is 3.64. The molecule has 4 aromatic rings. The summed E-state index contributed by atoms with van der Waals surface area (Å²) in [5.41, 5.74) is 0.999. The molecule has 0 amide bonds. The number of nitrogens with zero attached hydrogens (tertiary/aromatic N) is 7. The Morgan fingerprint density at radius 2 is 1.85 bits per heavy atom. The van der Waals surface area contributed by atoms with Crippen LogP contribution in [0, 0.1) is 5.82 Å². The molecule has 5 rings (SSSR count). The van der Waals surface area contributed by atoms with E-state index in [9.17, 15) is 4.39 Å². The molecule has 3 aromatic heterocycles. The number of benzene rings is 1. The van der Waals surface area contributed by atoms with Gasteiger partial charge < -0.3 is 9.47 Å². The molecule has 0 bridgehead atoms. The minimum absolute atomic E-state index is 0.333. The molecule has 1 saturated heterocycles. The highest BCUT2D eigenvalue weighted by Crippen LogP contribution is 2.26. The van der Waals surface area contributed by atoms with Crippen molar-refractivity contribution >= 4 is 11.5 Å². The normalized spacial score (nSPS) is 15.5. The van der Waals surface area contributed by atoms with Crippen LogP contribution in [0.2, 0.25) is 0 Å². The molecule has 1 aromatic carbocycles. The molecule has 0 aliphatic carbocycles. The standard InChI is InChI=1S/C19H18FN7/c20-16-4-2-1-3-15(16)19-23-22-17-5-6-18(24-27(17)19)25-10-7-14(8-11-25)26-12-9-21-13-26/h1-6,9,12-14H,7-8,10-11H2. The monoisotopic (exact) mass is 363 g/mol. The number of halogens is 1. The minimum atomic E-state index is -0.333. The first-order chi connectivity index (χ1) is 13.3. The lowest BCUT2D eigenvalue weighted by molar-refractivity contribution is 0.394. The minimum Gasteiger partial charge on any atom is -0.355 e. The summed E-state index contributed by atoms with van der Waals surface area (Å²) in [4.78, 5) is 6.39. The van der Waals surface area contributed by atoms with Crippen LogP contribution in [0.25, 0.3) is 17.0 Å². The van der Waals surface area contributed by atoms with Crippen molar-refractivity contribution in [3.63, 3.8) is 0 Å². The van der Waals surface area contributed by atoms with Crippen LogP contribution in [0.15, 0.2) is 55.1 Å². The molecule has 4 heterocycles. The second-order valence-electron chi connectivity index (χ2n) is 6.69. The molecule has 0 saturated carbocycles. The van der Waals surface area contributed by atoms with E-state index in [2.05, 4.69) is 24.6 Å². The van der Waals surface area contributed by atoms with Gasteiger partial charge in [0.1, 0.15) is 11.6 Å². The molecule has 0 N–H and O–H groups in total. The van der Waals surface area contributed by atoms with Crippen molar-refractivity contribution in [2.24, 2.45) is 0 Å². The largest absolute Gasteiger partial charge is 0.355 e. The topological polar surface area (TPSA) is 64.1 Å². The van der Waals surface area contributed by atoms with Gasteiger partial charge in [-0.1, -0.05) is 12.1 Å². The molecule has 136 valence electrons. The van der Waals surface area contributed by atoms with Crippen LogP contribution in [-0.4, -0.2) is 42.5 Å². The summed E-state index contributed by atoms with van der Waals surface area (Å²) in [6, 6.07) is 10.8. The fraction of sp³-hybridized carbons (Fsp3) is 0.263. The highest BCUT2D eigenvalue weighted by atomic mass is 19.1. The number of rotatable bonds is 3. The quantitative estimate of drug-likeness (QED) is 0.560. The van der Waals surface area contributed by atoms with Gasteiger partial charge in [0.05, 0.1) is 11.9 Å². The van der Waals surface area contributed by atoms with Crippen LogP contribution in [-0.2, 0) is 0 Å². The zero-order valence-corrected chi connectivity index (χ0v) is 14.6. The first-order valence-electron chi connectivity index (χ1n) is 8.99. The number of piperidine rings is 1. The Labute approximate surface area is 155 Å². The van der Waals surface area contributed by atoms with Gasteiger partial charge in [0.2, 0.25) is 0 Å². The van der Waals surface area contributed by atoms with Crippen molar-refractivity contribution < 1.29 is 4.39 Å². The third-order valence-corrected chi connectivity index (χ3v) is 5.10. The summed E-state index contributed by atoms with van der Waals surface area (Å²) in [6.07, 6.45) is 7.76. The van der Waals surface area contributed by atoms with Gasteiger partial charge in [0, 0.05) is 31.5 Å². The van der Waals surface area contributed by atoms with Crippen molar-refractivity contribution in [2.75, 3.05) is 18.0 Å². The zero-order chi connectivity index (χ0) is 18.2. The summed E-state index contributed by atoms with van der Waals surface area (Å²) in [7, 11) is 0. The maximum Gasteiger partial charge on any atom is 0.188 e. The Morgan fingerprint density at radius 1 is 1.00 bits per heavy atom. The molecule has 27 heavy (non-hydrogen) atoms. The summed E-state index contributed by atoms with van der Waals surface area (Å²) < 4.78 is 18.0. The third kappa shape index (κ3) is 2.83. The predicted octanol–water partition coefficient (Wildman–Crippen LogP) is 2.97. The first kappa shape index (κ1) is 15.9. The lowest BCUT2D eigenvalue weighted by Crippen LogP contribution is -2.35. The molecular formula is C19H18FN7. The Morgan fingerprint density at radius 3 is 2.63 bits per heavy atom. The van der Waals surface area contributed by atoms with Gasteiger partial charge in [-0.15, -0.1) is 15.3 Å². The maximum absolute atomic E-state index is 14.2. The molecule has 0 radical (unpaired) electrons. The van der Waals surface area contributed by atoms with E-state index in [0.717, 1.165) is 31.7 Å². The summed E-state index contributed by atoms with van der Waals surface area (Å²) >= 11 is 0. The van der Waals surface area contributed by atoms with Gasteiger partial charge in [0.15, 0.2) is 11.5 Å². The van der Waals surface area contributed by atoms with Gasteiger partial charge in [-0.05, 0) is 37.1 Å². The smallest absolute Gasteiger partial charge is 0.188 e. The predicted molar refractivity (Wildman–Crippen MR) is 98.9 cm³/mol. The van der Waals surface area contributed by atoms with Crippen LogP contribution in [0.1, 0.15) is 18.9 Å². The molecule has 1 fully saturated rings. The molecule has 1 aliphatic heterocycles. The Balaban J connectivity index is 1.43. The van der Waals surface area contributed by atoms with E-state index < -0.39 is 0 Å². The van der Waals surface area contributed by atoms with E-state index in [4.69, 9.17) is 5.10 Å². The van der Waals surface area contributed by atoms with E-state index in [1.54, 1.807) is 22.7 Å². The van der Waals surface area contributed by atoms with Crippen molar-refractivity contribution in [2.45, 2.75) is 18.9 Å². The van der Waals surface area contributed by atoms with Crippen molar-refractivity contribution in [1.82, 2.24) is 29.4 Å². The van der Waals surface area contributed by atoms with E-state index >= 15 is 0 Å². The van der Waals surface area contributed by atoms with E-state index in [1.165, 1.54) is 6.07 Å². The Kier molecular flexibility index (Phi) is 3.81. The number of hydrogen-bond donors (Lipinski definition) is 0. The average molecular weight is 363 g/mol. The van der Waals surface area contributed by atoms with Crippen molar-refractivity contribution in [1.29, 1.82) is 0 Å². The van der Waals surface area contributed by atoms with Crippen LogP contribution in [0.3, 0.4) is 0 Å². The van der Waals surface area contributed by atoms with Gasteiger partial charge >= 0.3 is 0 Å². The molecule has 7 nitrogen and oxygen atoms in total. The van der Waals surface area contributed by atoms with Crippen LogP contribution in [0.5, 0.6) is 0 Å². The fourth-order valence-corrected chi connectivity index (χ4v) is 3.64. The molecule has 0 spiro atoms. The summed E-state index contributed by atoms with van der Waals surface area (Å²) in [5, 5.41) is 13.0. The zero-order valence-electron chi connectivity index (χ0n) is 14.6. The summed E-state index contributed by atoms with van der Waals surface area (Å²) in [5.74, 6) is 0.933. The van der Waals surface area contributed by atoms with Gasteiger partial charge in [-0.25, -0.2) is 9.37 Å². The van der Waals surface area contributed by atoms with Crippen LogP contribution >= 0.6 is 0 Å². The average Bonchev–Trinajstić information content (AvgIpc) is 3.38. The highest BCUT2D eigenvalue weighted by molar-refractivity contribution is 5.60. The number of imidazole rings is 1. The number of fused-ring (bicyclic) bond motifs is 1. The Hall–Kier alpha value is -3.29. The molecule has 0 atom stereocenters. The summed E-state index contributed by atoms with van der Waals surface area (Å²) in [6.45, 7) is 1.80. The van der Waals surface area contributed by atoms with Gasteiger partial charge in [0.25, 0.3) is 0 Å². The van der Waals surface area contributed by atoms with E-state index in [-0.39, 0.29) is 5.82 Å². The molecule has 8 heteroatoms. The van der Waals surface area contributed by atoms with Gasteiger partial charge in [-0.2, -0.15) is 4.52 Å². The maximum atomic E-state index is 14.2. The second kappa shape index (κ2) is 6.46. The SMILES string of the molecule is Fc1ccccc1-c1nnc2ccc(N3CCC(n4ccnc4)CC3)nn12. The van der Waals surface area contributed by atoms with Gasteiger partial charge in [-0.3, -0.25) is 0 Å². The number of anilines is 1. The first-order valence-corrected chi connectivity index (χ1v) is 8.99. The van der Waals surface area contributed by atoms with Crippen LogP contribution < -0.4 is 4.90 Å². The number of aromatic nitrogens is 6. The van der Waals surface area contributed by atoms with Crippen LogP contribution in [0.4, 0.5) is 10.2 Å². The second-order valence-corrected chi connectivity index (χ2v) is 6.69. The van der Waals surface area contributed by atoms with Crippen molar-refractivity contribution in [3.8, 4) is 11.4 Å². The number of hydrogen-bond acceptors (Lipinski definition) is 5. The van der Waals surface area contributed by atoms with E-state index in [1.807, 2.05) is 30.9 Å². The highest BCUT2D eigenvalue weighted by Gasteiger charge is 2.22. The van der Waals surface area contributed by atoms with Crippen molar-refractivity contribution in [3.05, 3.63) is 60.9 Å². The Bertz CT molecular complexity index is 1060. The molecule has 1 aliphatic rings.